The predicted molar refractivity (Wildman–Crippen MR) is 79.3 cm³/mol. The highest BCUT2D eigenvalue weighted by Gasteiger charge is 2.39. The molecule has 6 heteroatoms. The van der Waals surface area contributed by atoms with Crippen molar-refractivity contribution in [1.82, 2.24) is 4.90 Å². The van der Waals surface area contributed by atoms with Gasteiger partial charge in [0.1, 0.15) is 0 Å². The molecule has 0 fully saturated rings. The van der Waals surface area contributed by atoms with Crippen LogP contribution in [0.15, 0.2) is 0 Å². The van der Waals surface area contributed by atoms with Crippen LogP contribution >= 0.6 is 0 Å². The first-order valence-electron chi connectivity index (χ1n) is 7.35. The van der Waals surface area contributed by atoms with Crippen LogP contribution in [0.3, 0.4) is 0 Å². The molecule has 0 aliphatic rings. The highest BCUT2D eigenvalue weighted by molar-refractivity contribution is 6.60. The molecule has 0 heterocycles. The highest BCUT2D eigenvalue weighted by atomic mass is 28.4. The van der Waals surface area contributed by atoms with Crippen LogP contribution in [0.2, 0.25) is 6.04 Å². The zero-order valence-corrected chi connectivity index (χ0v) is 14.0. The minimum Gasteiger partial charge on any atom is -0.396 e. The van der Waals surface area contributed by atoms with Gasteiger partial charge in [-0.25, -0.2) is 0 Å². The first kappa shape index (κ1) is 19.0. The maximum absolute atomic E-state index is 8.80. The fourth-order valence-electron chi connectivity index (χ4n) is 2.02. The van der Waals surface area contributed by atoms with E-state index in [1.54, 1.807) is 0 Å². The SMILES string of the molecule is CCO[Si](CCCN(C)CCCO)(OCC)OCC. The van der Waals surface area contributed by atoms with E-state index in [0.29, 0.717) is 19.8 Å². The molecule has 0 saturated heterocycles. The standard InChI is InChI=1S/C13H31NO4Si/c1-5-16-19(17-6-2,18-7-3)13-9-11-14(4)10-8-12-15/h15H,5-13H2,1-4H3. The summed E-state index contributed by atoms with van der Waals surface area (Å²) < 4.78 is 17.4. The first-order valence-corrected chi connectivity index (χ1v) is 9.28. The van der Waals surface area contributed by atoms with Crippen molar-refractivity contribution in [3.8, 4) is 0 Å². The minimum absolute atomic E-state index is 0.250. The topological polar surface area (TPSA) is 51.2 Å². The Bertz CT molecular complexity index is 190. The second-order valence-corrected chi connectivity index (χ2v) is 7.20. The lowest BCUT2D eigenvalue weighted by Gasteiger charge is -2.29. The van der Waals surface area contributed by atoms with E-state index in [4.69, 9.17) is 18.4 Å². The summed E-state index contributed by atoms with van der Waals surface area (Å²) in [6.45, 7) is 9.98. The van der Waals surface area contributed by atoms with Gasteiger partial charge in [-0.05, 0) is 47.2 Å². The Hall–Kier alpha value is 0.0169. The van der Waals surface area contributed by atoms with Crippen molar-refractivity contribution in [3.63, 3.8) is 0 Å². The van der Waals surface area contributed by atoms with Gasteiger partial charge in [-0.2, -0.15) is 0 Å². The molecule has 19 heavy (non-hydrogen) atoms. The minimum atomic E-state index is -2.47. The van der Waals surface area contributed by atoms with Gasteiger partial charge in [0.2, 0.25) is 0 Å². The number of nitrogens with zero attached hydrogens (tertiary/aromatic N) is 1. The number of aliphatic hydroxyl groups excluding tert-OH is 1. The zero-order chi connectivity index (χ0) is 14.6. The fraction of sp³-hybridized carbons (Fsp3) is 1.00. The van der Waals surface area contributed by atoms with Gasteiger partial charge in [0.05, 0.1) is 0 Å². The summed E-state index contributed by atoms with van der Waals surface area (Å²) in [7, 11) is -0.399. The van der Waals surface area contributed by atoms with E-state index in [2.05, 4.69) is 11.9 Å². The molecule has 1 N–H and O–H groups in total. The van der Waals surface area contributed by atoms with Crippen LogP contribution in [0.25, 0.3) is 0 Å². The molecule has 0 aliphatic carbocycles. The Morgan fingerprint density at radius 2 is 1.37 bits per heavy atom. The lowest BCUT2D eigenvalue weighted by Crippen LogP contribution is -2.46. The Balaban J connectivity index is 4.15. The van der Waals surface area contributed by atoms with E-state index < -0.39 is 8.80 Å². The molecular formula is C13H31NO4Si. The van der Waals surface area contributed by atoms with Gasteiger partial charge in [0.15, 0.2) is 0 Å². The van der Waals surface area contributed by atoms with Crippen LogP contribution in [-0.4, -0.2) is 65.4 Å². The number of hydrogen-bond acceptors (Lipinski definition) is 5. The van der Waals surface area contributed by atoms with Crippen molar-refractivity contribution in [2.24, 2.45) is 0 Å². The maximum Gasteiger partial charge on any atom is 0.500 e. The molecule has 0 unspecified atom stereocenters. The molecule has 0 aliphatic heterocycles. The van der Waals surface area contributed by atoms with Crippen molar-refractivity contribution >= 4 is 8.80 Å². The van der Waals surface area contributed by atoms with Crippen LogP contribution in [-0.2, 0) is 13.3 Å². The summed E-state index contributed by atoms with van der Waals surface area (Å²) in [5, 5.41) is 8.80. The molecule has 0 aromatic carbocycles. The summed E-state index contributed by atoms with van der Waals surface area (Å²) in [4.78, 5) is 2.22. The highest BCUT2D eigenvalue weighted by Crippen LogP contribution is 2.18. The average molecular weight is 293 g/mol. The summed E-state index contributed by atoms with van der Waals surface area (Å²) in [6, 6.07) is 0.853. The van der Waals surface area contributed by atoms with Crippen molar-refractivity contribution in [3.05, 3.63) is 0 Å². The normalized spacial score (nSPS) is 12.3. The van der Waals surface area contributed by atoms with Crippen molar-refractivity contribution in [2.45, 2.75) is 39.7 Å². The summed E-state index contributed by atoms with van der Waals surface area (Å²) in [5.74, 6) is 0. The molecule has 0 spiro atoms. The van der Waals surface area contributed by atoms with Crippen molar-refractivity contribution in [1.29, 1.82) is 0 Å². The molecule has 0 atom stereocenters. The summed E-state index contributed by atoms with van der Waals surface area (Å²) >= 11 is 0. The second-order valence-electron chi connectivity index (χ2n) is 4.47. The van der Waals surface area contributed by atoms with Gasteiger partial charge in [-0.1, -0.05) is 0 Å². The molecule has 116 valence electrons. The lowest BCUT2D eigenvalue weighted by atomic mass is 10.4. The van der Waals surface area contributed by atoms with Crippen LogP contribution in [0.5, 0.6) is 0 Å². The quantitative estimate of drug-likeness (QED) is 0.524. The van der Waals surface area contributed by atoms with E-state index in [0.717, 1.165) is 32.0 Å². The Labute approximate surface area is 119 Å². The van der Waals surface area contributed by atoms with Crippen molar-refractivity contribution in [2.75, 3.05) is 46.6 Å². The Morgan fingerprint density at radius 3 is 1.79 bits per heavy atom. The van der Waals surface area contributed by atoms with E-state index in [-0.39, 0.29) is 6.61 Å². The molecule has 0 bridgehead atoms. The number of aliphatic hydroxyl groups is 1. The summed E-state index contributed by atoms with van der Waals surface area (Å²) in [5.41, 5.74) is 0. The number of rotatable bonds is 13. The molecule has 0 aromatic rings. The fourth-order valence-corrected chi connectivity index (χ4v) is 4.61. The zero-order valence-electron chi connectivity index (χ0n) is 13.0. The predicted octanol–water partition coefficient (Wildman–Crippen LogP) is 1.74. The van der Waals surface area contributed by atoms with Crippen molar-refractivity contribution < 1.29 is 18.4 Å². The van der Waals surface area contributed by atoms with Gasteiger partial charge in [0.25, 0.3) is 0 Å². The smallest absolute Gasteiger partial charge is 0.396 e. The third-order valence-electron chi connectivity index (χ3n) is 2.81. The molecule has 0 radical (unpaired) electrons. The van der Waals surface area contributed by atoms with E-state index in [1.165, 1.54) is 0 Å². The van der Waals surface area contributed by atoms with Crippen LogP contribution < -0.4 is 0 Å². The van der Waals surface area contributed by atoms with Crippen LogP contribution in [0, 0.1) is 0 Å². The molecule has 0 saturated carbocycles. The second kappa shape index (κ2) is 11.8. The average Bonchev–Trinajstić information content (AvgIpc) is 2.37. The first-order chi connectivity index (χ1) is 9.14. The van der Waals surface area contributed by atoms with Gasteiger partial charge in [0, 0.05) is 39.0 Å². The molecule has 5 nitrogen and oxygen atoms in total. The van der Waals surface area contributed by atoms with Crippen LogP contribution in [0.4, 0.5) is 0 Å². The lowest BCUT2D eigenvalue weighted by molar-refractivity contribution is 0.0701. The maximum atomic E-state index is 8.80. The summed E-state index contributed by atoms with van der Waals surface area (Å²) in [6.07, 6.45) is 1.82. The molecule has 0 amide bonds. The van der Waals surface area contributed by atoms with Gasteiger partial charge < -0.3 is 23.3 Å². The van der Waals surface area contributed by atoms with Gasteiger partial charge in [-0.15, -0.1) is 0 Å². The third kappa shape index (κ3) is 8.72. The largest absolute Gasteiger partial charge is 0.500 e. The van der Waals surface area contributed by atoms with E-state index in [9.17, 15) is 0 Å². The monoisotopic (exact) mass is 293 g/mol. The van der Waals surface area contributed by atoms with Gasteiger partial charge in [-0.3, -0.25) is 0 Å². The molecular weight excluding hydrogens is 262 g/mol. The van der Waals surface area contributed by atoms with Crippen LogP contribution in [0.1, 0.15) is 33.6 Å². The van der Waals surface area contributed by atoms with Gasteiger partial charge >= 0.3 is 8.80 Å². The van der Waals surface area contributed by atoms with E-state index >= 15 is 0 Å². The number of hydrogen-bond donors (Lipinski definition) is 1. The molecule has 0 aromatic heterocycles. The molecule has 0 rings (SSSR count). The Kier molecular flexibility index (Phi) is 11.8. The van der Waals surface area contributed by atoms with E-state index in [1.807, 2.05) is 20.8 Å². The Morgan fingerprint density at radius 1 is 0.895 bits per heavy atom. The third-order valence-corrected chi connectivity index (χ3v) is 5.96.